The van der Waals surface area contributed by atoms with Crippen molar-refractivity contribution in [2.24, 2.45) is 0 Å². The average molecular weight is 290 g/mol. The molecule has 0 aromatic rings. The van der Waals surface area contributed by atoms with Gasteiger partial charge in [0.05, 0.1) is 6.10 Å². The summed E-state index contributed by atoms with van der Waals surface area (Å²) in [6.45, 7) is 1.95. The molecule has 3 N–H and O–H groups in total. The summed E-state index contributed by atoms with van der Waals surface area (Å²) in [6.07, 6.45) is 5.62. The Kier molecular flexibility index (Phi) is 4.92. The number of nitrogens with zero attached hydrogens (tertiary/aromatic N) is 1. The van der Waals surface area contributed by atoms with Crippen LogP contribution >= 0.6 is 12.4 Å². The number of nitrogens with one attached hydrogen (secondary N) is 2. The summed E-state index contributed by atoms with van der Waals surface area (Å²) in [4.78, 5) is 14.3. The fraction of sp³-hybridized carbons (Fsp3) is 0.923. The highest BCUT2D eigenvalue weighted by Gasteiger charge is 2.43. The number of amides is 2. The topological polar surface area (TPSA) is 64.6 Å². The van der Waals surface area contributed by atoms with Crippen LogP contribution in [-0.4, -0.2) is 53.4 Å². The van der Waals surface area contributed by atoms with Gasteiger partial charge in [-0.1, -0.05) is 0 Å². The molecular formula is C13H24ClN3O2. The molecule has 0 aromatic heterocycles. The molecule has 110 valence electrons. The summed E-state index contributed by atoms with van der Waals surface area (Å²) in [5.74, 6) is 0. The average Bonchev–Trinajstić information content (AvgIpc) is 2.63. The van der Waals surface area contributed by atoms with E-state index in [4.69, 9.17) is 0 Å². The van der Waals surface area contributed by atoms with Gasteiger partial charge in [-0.25, -0.2) is 4.79 Å². The van der Waals surface area contributed by atoms with Crippen molar-refractivity contribution in [3.8, 4) is 0 Å². The standard InChI is InChI=1S/C13H23N3O2.ClH/c17-12-6-10-3-4-11(7-12)16(10)13(18)15-9-2-1-5-14-8-9;/h9-12,14,17H,1-8H2,(H,15,18);1H/t9-,10-,11-;/m0./s1. The number of fused-ring (bicyclic) bond motifs is 2. The van der Waals surface area contributed by atoms with Gasteiger partial charge < -0.3 is 20.6 Å². The molecule has 3 saturated heterocycles. The molecule has 3 rings (SSSR count). The van der Waals surface area contributed by atoms with Crippen LogP contribution in [0.4, 0.5) is 4.79 Å². The molecule has 3 heterocycles. The van der Waals surface area contributed by atoms with Crippen LogP contribution in [0.15, 0.2) is 0 Å². The molecule has 3 aliphatic rings. The normalized spacial score (nSPS) is 37.6. The van der Waals surface area contributed by atoms with Crippen LogP contribution < -0.4 is 10.6 Å². The molecule has 2 amide bonds. The first-order valence-electron chi connectivity index (χ1n) is 7.21. The number of hydrogen-bond acceptors (Lipinski definition) is 3. The molecule has 0 saturated carbocycles. The Bertz CT molecular complexity index is 309. The molecule has 3 fully saturated rings. The van der Waals surface area contributed by atoms with Crippen LogP contribution in [0.2, 0.25) is 0 Å². The number of piperidine rings is 2. The van der Waals surface area contributed by atoms with Crippen LogP contribution in [0.25, 0.3) is 0 Å². The van der Waals surface area contributed by atoms with Crippen molar-refractivity contribution < 1.29 is 9.90 Å². The van der Waals surface area contributed by atoms with E-state index >= 15 is 0 Å². The lowest BCUT2D eigenvalue weighted by Crippen LogP contribution is -2.56. The van der Waals surface area contributed by atoms with E-state index in [9.17, 15) is 9.90 Å². The molecule has 0 unspecified atom stereocenters. The summed E-state index contributed by atoms with van der Waals surface area (Å²) in [6, 6.07) is 0.881. The fourth-order valence-electron chi connectivity index (χ4n) is 3.70. The van der Waals surface area contributed by atoms with Crippen molar-refractivity contribution in [3.05, 3.63) is 0 Å². The van der Waals surface area contributed by atoms with E-state index in [2.05, 4.69) is 10.6 Å². The SMILES string of the molecule is Cl.O=C(N[C@H]1CCCNC1)N1[C@H]2CC[C@H]1CC(O)C2. The lowest BCUT2D eigenvalue weighted by atomic mass is 10.0. The smallest absolute Gasteiger partial charge is 0.318 e. The Hall–Kier alpha value is -0.520. The number of hydrogen-bond donors (Lipinski definition) is 3. The Balaban J connectivity index is 0.00000133. The van der Waals surface area contributed by atoms with Gasteiger partial charge >= 0.3 is 6.03 Å². The van der Waals surface area contributed by atoms with Crippen molar-refractivity contribution in [1.82, 2.24) is 15.5 Å². The molecule has 0 aromatic carbocycles. The van der Waals surface area contributed by atoms with Crippen molar-refractivity contribution >= 4 is 18.4 Å². The van der Waals surface area contributed by atoms with Gasteiger partial charge in [0.2, 0.25) is 0 Å². The summed E-state index contributed by atoms with van der Waals surface area (Å²) in [7, 11) is 0. The van der Waals surface area contributed by atoms with Crippen molar-refractivity contribution in [1.29, 1.82) is 0 Å². The van der Waals surface area contributed by atoms with E-state index in [1.165, 1.54) is 0 Å². The predicted octanol–water partition coefficient (Wildman–Crippen LogP) is 0.857. The minimum absolute atomic E-state index is 0. The number of urea groups is 1. The van der Waals surface area contributed by atoms with Crippen LogP contribution in [0.5, 0.6) is 0 Å². The molecule has 5 nitrogen and oxygen atoms in total. The van der Waals surface area contributed by atoms with Crippen molar-refractivity contribution in [3.63, 3.8) is 0 Å². The van der Waals surface area contributed by atoms with Crippen LogP contribution in [0.3, 0.4) is 0 Å². The van der Waals surface area contributed by atoms with E-state index < -0.39 is 0 Å². The number of carbonyl (C=O) groups is 1. The fourth-order valence-corrected chi connectivity index (χ4v) is 3.70. The second-order valence-electron chi connectivity index (χ2n) is 5.91. The van der Waals surface area contributed by atoms with Crippen LogP contribution in [-0.2, 0) is 0 Å². The molecule has 0 radical (unpaired) electrons. The molecule has 2 bridgehead atoms. The number of aliphatic hydroxyl groups is 1. The van der Waals surface area contributed by atoms with Gasteiger partial charge in [0.1, 0.15) is 0 Å². The van der Waals surface area contributed by atoms with Crippen molar-refractivity contribution in [2.45, 2.75) is 62.8 Å². The van der Waals surface area contributed by atoms with Gasteiger partial charge in [-0.15, -0.1) is 12.4 Å². The molecule has 0 aliphatic carbocycles. The maximum atomic E-state index is 12.3. The Morgan fingerprint density at radius 3 is 2.47 bits per heavy atom. The molecule has 0 spiro atoms. The lowest BCUT2D eigenvalue weighted by molar-refractivity contribution is 0.0532. The molecule has 6 heteroatoms. The van der Waals surface area contributed by atoms with E-state index in [-0.39, 0.29) is 42.7 Å². The van der Waals surface area contributed by atoms with Gasteiger partial charge in [0, 0.05) is 24.7 Å². The second kappa shape index (κ2) is 6.29. The number of rotatable bonds is 1. The monoisotopic (exact) mass is 289 g/mol. The van der Waals surface area contributed by atoms with Gasteiger partial charge in [0.15, 0.2) is 0 Å². The first kappa shape index (κ1) is 14.9. The third-order valence-corrected chi connectivity index (χ3v) is 4.57. The zero-order valence-electron chi connectivity index (χ0n) is 11.2. The Labute approximate surface area is 120 Å². The van der Waals surface area contributed by atoms with Gasteiger partial charge in [0.25, 0.3) is 0 Å². The van der Waals surface area contributed by atoms with Gasteiger partial charge in [-0.2, -0.15) is 0 Å². The van der Waals surface area contributed by atoms with Gasteiger partial charge in [-0.3, -0.25) is 0 Å². The lowest BCUT2D eigenvalue weighted by Gasteiger charge is -2.38. The highest BCUT2D eigenvalue weighted by molar-refractivity contribution is 5.85. The van der Waals surface area contributed by atoms with E-state index in [0.717, 1.165) is 51.6 Å². The summed E-state index contributed by atoms with van der Waals surface area (Å²) >= 11 is 0. The molecular weight excluding hydrogens is 266 g/mol. The first-order valence-corrected chi connectivity index (χ1v) is 7.21. The summed E-state index contributed by atoms with van der Waals surface area (Å²) in [5.41, 5.74) is 0. The Morgan fingerprint density at radius 1 is 1.21 bits per heavy atom. The third kappa shape index (κ3) is 3.15. The maximum Gasteiger partial charge on any atom is 0.318 e. The van der Waals surface area contributed by atoms with E-state index in [1.54, 1.807) is 0 Å². The van der Waals surface area contributed by atoms with E-state index in [1.807, 2.05) is 4.90 Å². The number of carbonyl (C=O) groups excluding carboxylic acids is 1. The summed E-state index contributed by atoms with van der Waals surface area (Å²) < 4.78 is 0. The molecule has 3 aliphatic heterocycles. The first-order chi connectivity index (χ1) is 8.74. The van der Waals surface area contributed by atoms with Gasteiger partial charge in [-0.05, 0) is 45.1 Å². The highest BCUT2D eigenvalue weighted by atomic mass is 35.5. The van der Waals surface area contributed by atoms with Crippen molar-refractivity contribution in [2.75, 3.05) is 13.1 Å². The van der Waals surface area contributed by atoms with E-state index in [0.29, 0.717) is 0 Å². The minimum Gasteiger partial charge on any atom is -0.393 e. The molecule has 3 atom stereocenters. The minimum atomic E-state index is -0.206. The zero-order valence-corrected chi connectivity index (χ0v) is 12.0. The third-order valence-electron chi connectivity index (χ3n) is 4.57. The largest absolute Gasteiger partial charge is 0.393 e. The van der Waals surface area contributed by atoms with Crippen LogP contribution in [0, 0.1) is 0 Å². The maximum absolute atomic E-state index is 12.3. The predicted molar refractivity (Wildman–Crippen MR) is 75.6 cm³/mol. The number of aliphatic hydroxyl groups excluding tert-OH is 1. The number of halogens is 1. The second-order valence-corrected chi connectivity index (χ2v) is 5.91. The highest BCUT2D eigenvalue weighted by Crippen LogP contribution is 2.35. The summed E-state index contributed by atoms with van der Waals surface area (Å²) in [5, 5.41) is 16.2. The van der Waals surface area contributed by atoms with Crippen LogP contribution in [0.1, 0.15) is 38.5 Å². The molecule has 19 heavy (non-hydrogen) atoms. The Morgan fingerprint density at radius 2 is 1.89 bits per heavy atom. The zero-order chi connectivity index (χ0) is 12.5. The quantitative estimate of drug-likeness (QED) is 0.671.